The number of carbonyl (C=O) groups excluding carboxylic acids is 2. The Morgan fingerprint density at radius 1 is 0.267 bits per heavy atom. The first kappa shape index (κ1) is 118. The molecule has 0 aliphatic carbocycles. The van der Waals surface area contributed by atoms with Crippen LogP contribution in [-0.2, 0) is 37.4 Å². The van der Waals surface area contributed by atoms with Gasteiger partial charge in [-0.25, -0.2) is 0 Å². The van der Waals surface area contributed by atoms with Gasteiger partial charge in [-0.3, -0.25) is 9.59 Å². The molecule has 0 saturated carbocycles. The fourth-order valence-electron chi connectivity index (χ4n) is 15.6. The van der Waals surface area contributed by atoms with Gasteiger partial charge in [0, 0.05) is 26.4 Å². The summed E-state index contributed by atoms with van der Waals surface area (Å²) >= 11 is 3.68. The van der Waals surface area contributed by atoms with E-state index in [2.05, 4.69) is 91.4 Å². The lowest BCUT2D eigenvalue weighted by molar-refractivity contribution is -0.144. The Morgan fingerprint density at radius 3 is 0.784 bits per heavy atom. The Balaban J connectivity index is 0. The fourth-order valence-corrected chi connectivity index (χ4v) is 22.2. The van der Waals surface area contributed by atoms with Gasteiger partial charge in [-0.2, -0.15) is 0 Å². The van der Waals surface area contributed by atoms with Crippen LogP contribution in [0, 0.1) is 0 Å². The third kappa shape index (κ3) is 85.9. The normalized spacial score (nSPS) is 13.1. The van der Waals surface area contributed by atoms with Crippen molar-refractivity contribution in [1.82, 2.24) is 9.80 Å². The highest BCUT2D eigenvalue weighted by atomic mass is 32.2. The van der Waals surface area contributed by atoms with Crippen molar-refractivity contribution in [3.8, 4) is 0 Å². The van der Waals surface area contributed by atoms with Crippen LogP contribution in [0.3, 0.4) is 0 Å². The number of hydrogen-bond acceptors (Lipinski definition) is 14. The number of esters is 2. The van der Waals surface area contributed by atoms with E-state index in [1.807, 2.05) is 23.5 Å². The lowest BCUT2D eigenvalue weighted by atomic mass is 10.1. The fraction of sp³-hybridized carbons (Fsp3) is 0.980. The molecular formula is C100H206N2O10S2Si2. The molecular weight excluding hydrogens is 1510 g/mol. The molecule has 0 aliphatic heterocycles. The Morgan fingerprint density at radius 2 is 0.500 bits per heavy atom. The predicted molar refractivity (Wildman–Crippen MR) is 518 cm³/mol. The summed E-state index contributed by atoms with van der Waals surface area (Å²) in [7, 11) is -3.52. The van der Waals surface area contributed by atoms with Gasteiger partial charge in [-0.05, 0) is 217 Å². The molecule has 0 amide bonds. The van der Waals surface area contributed by atoms with Crippen molar-refractivity contribution >= 4 is 52.1 Å². The van der Waals surface area contributed by atoms with E-state index < -0.39 is 16.6 Å². The third-order valence-corrected chi connectivity index (χ3v) is 31.0. The maximum Gasteiger partial charge on any atom is 0.319 e. The largest absolute Gasteiger partial charge is 0.465 e. The minimum atomic E-state index is -1.76. The maximum absolute atomic E-state index is 13.0. The molecule has 116 heavy (non-hydrogen) atoms. The Hall–Kier alpha value is -0.246. The molecule has 0 spiro atoms. The van der Waals surface area contributed by atoms with Crippen molar-refractivity contribution < 1.29 is 47.6 Å². The Bertz CT molecular complexity index is 1800. The van der Waals surface area contributed by atoms with Gasteiger partial charge in [0.05, 0.1) is 13.2 Å². The molecule has 0 radical (unpaired) electrons. The van der Waals surface area contributed by atoms with Crippen molar-refractivity contribution in [2.45, 2.75) is 541 Å². The minimum Gasteiger partial charge on any atom is -0.465 e. The highest BCUT2D eigenvalue weighted by molar-refractivity contribution is 8.00. The first-order chi connectivity index (χ1) is 56.7. The molecule has 0 aliphatic rings. The van der Waals surface area contributed by atoms with E-state index in [0.717, 1.165) is 192 Å². The molecule has 696 valence electrons. The standard InChI is InChI=1S/2C50H103NO5SSi/c2*1-7-11-15-18-21-22-26-36-46-57-48(38-14-10-4)50(53)55-45-35-25-23-30-40-51(42-32-33-43-52)41-31-28-29-39-49(54-44-34-24-19-16-12-8-2)56-58(5,6)47-37-27-20-17-13-9-3/h2*48-49,52H,7-47H2,1-6H3. The molecule has 0 fully saturated rings. The number of aliphatic hydroxyl groups excluding tert-OH is 2. The molecule has 0 saturated heterocycles. The number of hydrogen-bond donors (Lipinski definition) is 2. The second-order valence-electron chi connectivity index (χ2n) is 36.3. The summed E-state index contributed by atoms with van der Waals surface area (Å²) < 4.78 is 38.2. The number of carbonyl (C=O) groups is 2. The predicted octanol–water partition coefficient (Wildman–Crippen LogP) is 30.9. The zero-order valence-corrected chi connectivity index (χ0v) is 83.8. The molecule has 0 rings (SSSR count). The van der Waals surface area contributed by atoms with E-state index in [1.54, 1.807) is 0 Å². The highest BCUT2D eigenvalue weighted by Crippen LogP contribution is 2.28. The molecule has 4 unspecified atom stereocenters. The van der Waals surface area contributed by atoms with Gasteiger partial charge < -0.3 is 47.8 Å². The molecule has 0 aromatic carbocycles. The van der Waals surface area contributed by atoms with E-state index in [-0.39, 0.29) is 48.2 Å². The molecule has 0 aromatic heterocycles. The first-order valence-electron chi connectivity index (χ1n) is 51.5. The lowest BCUT2D eigenvalue weighted by Crippen LogP contribution is -2.37. The summed E-state index contributed by atoms with van der Waals surface area (Å²) in [5.74, 6) is 2.20. The second-order valence-corrected chi connectivity index (χ2v) is 47.4. The SMILES string of the molecule is CCCCCCCCCCSC(CCCC)C(=O)OCCCCCCN(CCCCO)CCCCCC(OCCCCCCCC)O[Si](C)(C)CCCCCCCC.CCCCCCCCCCSC(CCCC)C(=O)OCCCCCCN(CCCCO)CCCCCC(OCCCCCCCC)O[Si](C)(C)CCCCCCCC. The monoisotopic (exact) mass is 1720 g/mol. The number of ether oxygens (including phenoxy) is 4. The van der Waals surface area contributed by atoms with Crippen LogP contribution in [0.15, 0.2) is 0 Å². The quantitative estimate of drug-likeness (QED) is 0.0259. The number of thioether (sulfide) groups is 2. The molecule has 0 bridgehead atoms. The topological polar surface area (TPSA) is 136 Å². The zero-order valence-electron chi connectivity index (χ0n) is 80.2. The number of nitrogens with zero attached hydrogens (tertiary/aromatic N) is 2. The smallest absolute Gasteiger partial charge is 0.319 e. The number of rotatable bonds is 96. The third-order valence-electron chi connectivity index (χ3n) is 23.4. The van der Waals surface area contributed by atoms with E-state index in [4.69, 9.17) is 27.8 Å². The molecule has 0 heterocycles. The van der Waals surface area contributed by atoms with E-state index in [1.165, 1.54) is 307 Å². The summed E-state index contributed by atoms with van der Waals surface area (Å²) in [5.41, 5.74) is 0. The van der Waals surface area contributed by atoms with Crippen LogP contribution in [-0.4, -0.2) is 162 Å². The second kappa shape index (κ2) is 93.9. The minimum absolute atomic E-state index is 0.0108. The molecule has 12 nitrogen and oxygen atoms in total. The Kier molecular flexibility index (Phi) is 95.4. The van der Waals surface area contributed by atoms with Crippen LogP contribution < -0.4 is 0 Å². The van der Waals surface area contributed by atoms with Crippen LogP contribution in [0.1, 0.15) is 479 Å². The maximum atomic E-state index is 13.0. The average molecular weight is 1720 g/mol. The Labute approximate surface area is 735 Å². The number of unbranched alkanes of at least 4 members (excludes halogenated alkanes) is 48. The van der Waals surface area contributed by atoms with Crippen molar-refractivity contribution in [2.24, 2.45) is 0 Å². The van der Waals surface area contributed by atoms with E-state index in [9.17, 15) is 19.8 Å². The van der Waals surface area contributed by atoms with Crippen LogP contribution >= 0.6 is 23.5 Å². The van der Waals surface area contributed by atoms with E-state index in [0.29, 0.717) is 13.2 Å². The van der Waals surface area contributed by atoms with Gasteiger partial charge in [0.25, 0.3) is 0 Å². The first-order valence-corrected chi connectivity index (χ1v) is 59.8. The van der Waals surface area contributed by atoms with Crippen LogP contribution in [0.5, 0.6) is 0 Å². The average Bonchev–Trinajstić information content (AvgIpc) is 0.917. The molecule has 4 atom stereocenters. The van der Waals surface area contributed by atoms with E-state index >= 15 is 0 Å². The zero-order chi connectivity index (χ0) is 85.3. The highest BCUT2D eigenvalue weighted by Gasteiger charge is 2.29. The van der Waals surface area contributed by atoms with Gasteiger partial charge in [-0.1, -0.05) is 351 Å². The number of aliphatic hydroxyl groups is 2. The van der Waals surface area contributed by atoms with Crippen LogP contribution in [0.2, 0.25) is 38.3 Å². The van der Waals surface area contributed by atoms with Crippen LogP contribution in [0.25, 0.3) is 0 Å². The van der Waals surface area contributed by atoms with Gasteiger partial charge in [0.15, 0.2) is 16.6 Å². The molecule has 16 heteroatoms. The van der Waals surface area contributed by atoms with Gasteiger partial charge in [0.2, 0.25) is 0 Å². The van der Waals surface area contributed by atoms with Gasteiger partial charge in [-0.15, -0.1) is 23.5 Å². The van der Waals surface area contributed by atoms with Gasteiger partial charge >= 0.3 is 11.9 Å². The van der Waals surface area contributed by atoms with Crippen molar-refractivity contribution in [2.75, 3.05) is 90.4 Å². The van der Waals surface area contributed by atoms with Crippen molar-refractivity contribution in [3.63, 3.8) is 0 Å². The van der Waals surface area contributed by atoms with Crippen LogP contribution in [0.4, 0.5) is 0 Å². The van der Waals surface area contributed by atoms with Crippen molar-refractivity contribution in [1.29, 1.82) is 0 Å². The summed E-state index contributed by atoms with van der Waals surface area (Å²) in [6, 6.07) is 2.48. The summed E-state index contributed by atoms with van der Waals surface area (Å²) in [5, 5.41) is 18.9. The van der Waals surface area contributed by atoms with Crippen molar-refractivity contribution in [3.05, 3.63) is 0 Å². The van der Waals surface area contributed by atoms with Gasteiger partial charge in [0.1, 0.15) is 23.1 Å². The summed E-state index contributed by atoms with van der Waals surface area (Å²) in [6.07, 6.45) is 81.0. The molecule has 0 aromatic rings. The summed E-state index contributed by atoms with van der Waals surface area (Å²) in [6.45, 7) is 37.7. The lowest BCUT2D eigenvalue weighted by Gasteiger charge is -2.30. The molecule has 2 N–H and O–H groups in total. The summed E-state index contributed by atoms with van der Waals surface area (Å²) in [4.78, 5) is 31.2.